The van der Waals surface area contributed by atoms with E-state index in [0.717, 1.165) is 24.2 Å². The molecule has 0 aliphatic carbocycles. The predicted octanol–water partition coefficient (Wildman–Crippen LogP) is 1.80. The number of amidine groups is 1. The van der Waals surface area contributed by atoms with Gasteiger partial charge in [-0.05, 0) is 31.7 Å². The van der Waals surface area contributed by atoms with Crippen LogP contribution in [0.3, 0.4) is 0 Å². The van der Waals surface area contributed by atoms with Crippen LogP contribution in [0.1, 0.15) is 32.3 Å². The average molecular weight is 248 g/mol. The van der Waals surface area contributed by atoms with Crippen LogP contribution in [0.4, 0.5) is 5.69 Å². The predicted molar refractivity (Wildman–Crippen MR) is 72.0 cm³/mol. The van der Waals surface area contributed by atoms with Crippen molar-refractivity contribution in [3.05, 3.63) is 24.0 Å². The van der Waals surface area contributed by atoms with E-state index in [-0.39, 0.29) is 5.84 Å². The molecule has 0 radical (unpaired) electrons. The van der Waals surface area contributed by atoms with Crippen molar-refractivity contribution in [2.45, 2.75) is 32.7 Å². The third-order valence-corrected chi connectivity index (χ3v) is 3.61. The van der Waals surface area contributed by atoms with E-state index in [9.17, 15) is 0 Å². The van der Waals surface area contributed by atoms with E-state index in [1.165, 1.54) is 6.42 Å². The molecule has 2 rings (SSSR count). The Bertz CT molecular complexity index is 446. The Morgan fingerprint density at radius 2 is 2.28 bits per heavy atom. The van der Waals surface area contributed by atoms with Crippen LogP contribution in [0.25, 0.3) is 0 Å². The van der Waals surface area contributed by atoms with Gasteiger partial charge in [0.2, 0.25) is 0 Å². The van der Waals surface area contributed by atoms with Gasteiger partial charge in [-0.25, -0.2) is 0 Å². The minimum atomic E-state index is 0.137. The lowest BCUT2D eigenvalue weighted by Gasteiger charge is -2.39. The molecule has 2 unspecified atom stereocenters. The number of nitrogens with zero attached hydrogens (tertiary/aromatic N) is 3. The Morgan fingerprint density at radius 1 is 1.50 bits per heavy atom. The van der Waals surface area contributed by atoms with Crippen molar-refractivity contribution in [2.75, 3.05) is 11.4 Å². The highest BCUT2D eigenvalue weighted by Gasteiger charge is 2.25. The molecular formula is C13H20N4O. The number of nitrogens with two attached hydrogens (primary N) is 1. The Balaban J connectivity index is 2.37. The molecular weight excluding hydrogens is 228 g/mol. The fourth-order valence-corrected chi connectivity index (χ4v) is 2.51. The normalized spacial score (nSPS) is 25.2. The monoisotopic (exact) mass is 248 g/mol. The van der Waals surface area contributed by atoms with Gasteiger partial charge in [0, 0.05) is 24.3 Å². The number of aromatic nitrogens is 1. The molecule has 2 heterocycles. The van der Waals surface area contributed by atoms with Crippen molar-refractivity contribution in [3.8, 4) is 0 Å². The van der Waals surface area contributed by atoms with E-state index in [1.807, 2.05) is 0 Å². The zero-order chi connectivity index (χ0) is 13.1. The fraction of sp³-hybridized carbons (Fsp3) is 0.538. The highest BCUT2D eigenvalue weighted by atomic mass is 16.4. The second-order valence-electron chi connectivity index (χ2n) is 5.06. The van der Waals surface area contributed by atoms with Crippen LogP contribution < -0.4 is 10.6 Å². The topological polar surface area (TPSA) is 74.7 Å². The van der Waals surface area contributed by atoms with Crippen molar-refractivity contribution in [2.24, 2.45) is 16.8 Å². The van der Waals surface area contributed by atoms with E-state index in [0.29, 0.717) is 12.0 Å². The van der Waals surface area contributed by atoms with E-state index in [1.54, 1.807) is 18.5 Å². The molecule has 1 aromatic heterocycles. The maximum absolute atomic E-state index is 8.85. The second-order valence-corrected chi connectivity index (χ2v) is 5.06. The van der Waals surface area contributed by atoms with E-state index >= 15 is 0 Å². The Morgan fingerprint density at radius 3 is 3.00 bits per heavy atom. The molecule has 5 heteroatoms. The zero-order valence-electron chi connectivity index (χ0n) is 10.9. The van der Waals surface area contributed by atoms with Gasteiger partial charge in [-0.2, -0.15) is 0 Å². The van der Waals surface area contributed by atoms with Gasteiger partial charge in [-0.15, -0.1) is 0 Å². The van der Waals surface area contributed by atoms with E-state index < -0.39 is 0 Å². The van der Waals surface area contributed by atoms with Gasteiger partial charge in [-0.1, -0.05) is 12.1 Å². The van der Waals surface area contributed by atoms with Crippen molar-refractivity contribution in [1.29, 1.82) is 0 Å². The first-order valence-electron chi connectivity index (χ1n) is 6.32. The van der Waals surface area contributed by atoms with Crippen molar-refractivity contribution in [3.63, 3.8) is 0 Å². The third kappa shape index (κ3) is 2.39. The standard InChI is InChI=1S/C13H20N4O/c1-9-3-4-10(2)17(8-9)12-7-15-6-5-11(12)13(14)16-18/h5-7,9-10,18H,3-4,8H2,1-2H3,(H2,14,16). The minimum absolute atomic E-state index is 0.137. The van der Waals surface area contributed by atoms with Gasteiger partial charge in [0.05, 0.1) is 11.9 Å². The number of piperidine rings is 1. The van der Waals surface area contributed by atoms with Gasteiger partial charge in [0.1, 0.15) is 0 Å². The van der Waals surface area contributed by atoms with Gasteiger partial charge >= 0.3 is 0 Å². The molecule has 1 fully saturated rings. The molecule has 0 bridgehead atoms. The lowest BCUT2D eigenvalue weighted by atomic mass is 9.94. The van der Waals surface area contributed by atoms with Gasteiger partial charge in [0.15, 0.2) is 5.84 Å². The SMILES string of the molecule is CC1CCC(C)N(c2cnccc2/C(N)=N/O)C1. The average Bonchev–Trinajstić information content (AvgIpc) is 2.40. The maximum Gasteiger partial charge on any atom is 0.172 e. The molecule has 1 aromatic rings. The first-order valence-corrected chi connectivity index (χ1v) is 6.32. The summed E-state index contributed by atoms with van der Waals surface area (Å²) in [5.74, 6) is 0.791. The van der Waals surface area contributed by atoms with Crippen LogP contribution >= 0.6 is 0 Å². The van der Waals surface area contributed by atoms with Crippen LogP contribution in [-0.4, -0.2) is 28.6 Å². The van der Waals surface area contributed by atoms with Crippen LogP contribution in [0.15, 0.2) is 23.6 Å². The summed E-state index contributed by atoms with van der Waals surface area (Å²) in [4.78, 5) is 6.46. The molecule has 2 atom stereocenters. The molecule has 18 heavy (non-hydrogen) atoms. The lowest BCUT2D eigenvalue weighted by molar-refractivity contribution is 0.318. The summed E-state index contributed by atoms with van der Waals surface area (Å²) in [5.41, 5.74) is 7.42. The smallest absolute Gasteiger partial charge is 0.172 e. The second kappa shape index (κ2) is 5.25. The van der Waals surface area contributed by atoms with Crippen LogP contribution in [0.2, 0.25) is 0 Å². The lowest BCUT2D eigenvalue weighted by Crippen LogP contribution is -2.42. The van der Waals surface area contributed by atoms with Gasteiger partial charge in [0.25, 0.3) is 0 Å². The molecule has 5 nitrogen and oxygen atoms in total. The molecule has 1 aliphatic rings. The number of rotatable bonds is 2. The zero-order valence-corrected chi connectivity index (χ0v) is 10.9. The fourth-order valence-electron chi connectivity index (χ4n) is 2.51. The molecule has 0 saturated carbocycles. The number of pyridine rings is 1. The molecule has 0 spiro atoms. The van der Waals surface area contributed by atoms with E-state index in [4.69, 9.17) is 10.9 Å². The summed E-state index contributed by atoms with van der Waals surface area (Å²) in [5, 5.41) is 12.0. The van der Waals surface area contributed by atoms with Crippen molar-refractivity contribution < 1.29 is 5.21 Å². The molecule has 98 valence electrons. The highest BCUT2D eigenvalue weighted by molar-refractivity contribution is 6.02. The molecule has 1 aliphatic heterocycles. The number of hydrogen-bond donors (Lipinski definition) is 2. The molecule has 0 aromatic carbocycles. The first kappa shape index (κ1) is 12.7. The van der Waals surface area contributed by atoms with E-state index in [2.05, 4.69) is 28.9 Å². The molecule has 0 amide bonds. The Kier molecular flexibility index (Phi) is 3.69. The quantitative estimate of drug-likeness (QED) is 0.362. The summed E-state index contributed by atoms with van der Waals surface area (Å²) < 4.78 is 0. The Labute approximate surface area is 107 Å². The number of anilines is 1. The molecule has 1 saturated heterocycles. The largest absolute Gasteiger partial charge is 0.409 e. The van der Waals surface area contributed by atoms with Gasteiger partial charge in [-0.3, -0.25) is 4.98 Å². The molecule has 3 N–H and O–H groups in total. The first-order chi connectivity index (χ1) is 8.63. The summed E-state index contributed by atoms with van der Waals surface area (Å²) in [7, 11) is 0. The van der Waals surface area contributed by atoms with Gasteiger partial charge < -0.3 is 15.8 Å². The number of oxime groups is 1. The Hall–Kier alpha value is -1.78. The summed E-state index contributed by atoms with van der Waals surface area (Å²) in [6.07, 6.45) is 5.86. The third-order valence-electron chi connectivity index (χ3n) is 3.61. The summed E-state index contributed by atoms with van der Waals surface area (Å²) in [6, 6.07) is 2.24. The van der Waals surface area contributed by atoms with Crippen LogP contribution in [-0.2, 0) is 0 Å². The number of hydrogen-bond acceptors (Lipinski definition) is 4. The van der Waals surface area contributed by atoms with Crippen molar-refractivity contribution >= 4 is 11.5 Å². The minimum Gasteiger partial charge on any atom is -0.409 e. The van der Waals surface area contributed by atoms with Crippen LogP contribution in [0.5, 0.6) is 0 Å². The van der Waals surface area contributed by atoms with Crippen molar-refractivity contribution in [1.82, 2.24) is 4.98 Å². The highest BCUT2D eigenvalue weighted by Crippen LogP contribution is 2.29. The summed E-state index contributed by atoms with van der Waals surface area (Å²) in [6.45, 7) is 5.44. The maximum atomic E-state index is 8.85. The summed E-state index contributed by atoms with van der Waals surface area (Å²) >= 11 is 0. The van der Waals surface area contributed by atoms with Crippen LogP contribution in [0, 0.1) is 5.92 Å².